The van der Waals surface area contributed by atoms with Gasteiger partial charge in [-0.1, -0.05) is 23.2 Å². The molecule has 1 saturated heterocycles. The Bertz CT molecular complexity index is 1340. The lowest BCUT2D eigenvalue weighted by molar-refractivity contribution is -0.135. The van der Waals surface area contributed by atoms with Crippen molar-refractivity contribution in [1.29, 1.82) is 0 Å². The van der Waals surface area contributed by atoms with Gasteiger partial charge in [-0.25, -0.2) is 8.42 Å². The number of nitrogens with zero attached hydrogens (tertiary/aromatic N) is 3. The molecule has 174 valence electrons. The molecule has 3 aromatic rings. The highest BCUT2D eigenvalue weighted by molar-refractivity contribution is 7.92. The number of rotatable bonds is 6. The molecule has 0 atom stereocenters. The Morgan fingerprint density at radius 3 is 2.30 bits per heavy atom. The maximum Gasteiger partial charge on any atom is 0.324 e. The second-order valence-corrected chi connectivity index (χ2v) is 10.6. The average Bonchev–Trinajstić information content (AvgIpc) is 3.39. The molecule has 1 aromatic heterocycles. The lowest BCUT2D eigenvalue weighted by Crippen LogP contribution is -2.35. The third-order valence-corrected chi connectivity index (χ3v) is 7.78. The number of aliphatic carboxylic acids is 1. The van der Waals surface area contributed by atoms with Gasteiger partial charge in [-0.05, 0) is 49.2 Å². The largest absolute Gasteiger partial charge is 0.480 e. The Morgan fingerprint density at radius 1 is 1.06 bits per heavy atom. The highest BCUT2D eigenvalue weighted by Gasteiger charge is 2.29. The fourth-order valence-electron chi connectivity index (χ4n) is 4.03. The highest BCUT2D eigenvalue weighted by atomic mass is 35.5. The summed E-state index contributed by atoms with van der Waals surface area (Å²) in [5.74, 6) is -1.40. The zero-order valence-electron chi connectivity index (χ0n) is 17.7. The molecule has 0 unspecified atom stereocenters. The predicted molar refractivity (Wildman–Crippen MR) is 127 cm³/mol. The Morgan fingerprint density at radius 2 is 1.70 bits per heavy atom. The maximum absolute atomic E-state index is 13.4. The van der Waals surface area contributed by atoms with E-state index < -0.39 is 22.5 Å². The van der Waals surface area contributed by atoms with Crippen molar-refractivity contribution in [2.45, 2.75) is 17.7 Å². The molecule has 1 amide bonds. The Balaban J connectivity index is 1.80. The number of aromatic nitrogens is 1. The third-order valence-electron chi connectivity index (χ3n) is 5.59. The number of carbonyl (C=O) groups is 2. The Kier molecular flexibility index (Phi) is 6.30. The van der Waals surface area contributed by atoms with Gasteiger partial charge in [0.25, 0.3) is 15.9 Å². The molecule has 0 aliphatic carbocycles. The third kappa shape index (κ3) is 4.53. The number of anilines is 1. The van der Waals surface area contributed by atoms with Crippen LogP contribution in [-0.2, 0) is 21.9 Å². The minimum absolute atomic E-state index is 0.0746. The van der Waals surface area contributed by atoms with E-state index >= 15 is 0 Å². The molecule has 0 radical (unpaired) electrons. The van der Waals surface area contributed by atoms with Gasteiger partial charge in [0.05, 0.1) is 21.7 Å². The summed E-state index contributed by atoms with van der Waals surface area (Å²) in [6.07, 6.45) is 3.65. The van der Waals surface area contributed by atoms with Gasteiger partial charge < -0.3 is 14.6 Å². The molecule has 2 aromatic carbocycles. The van der Waals surface area contributed by atoms with Crippen LogP contribution in [0.4, 0.5) is 5.69 Å². The summed E-state index contributed by atoms with van der Waals surface area (Å²) < 4.78 is 29.2. The summed E-state index contributed by atoms with van der Waals surface area (Å²) in [6, 6.07) is 8.51. The zero-order chi connectivity index (χ0) is 23.9. The molecule has 1 aliphatic rings. The van der Waals surface area contributed by atoms with Crippen molar-refractivity contribution in [3.05, 3.63) is 58.2 Å². The van der Waals surface area contributed by atoms with Crippen LogP contribution in [0, 0.1) is 0 Å². The molecule has 0 spiro atoms. The first-order valence-corrected chi connectivity index (χ1v) is 12.4. The molecule has 1 aliphatic heterocycles. The SMILES string of the molecule is Cn1cc(C(=O)N2CCCC2)c2ccc(N(CC(=O)O)S(=O)(=O)c3cc(Cl)cc(Cl)c3)cc21. The number of halogens is 2. The van der Waals surface area contributed by atoms with Crippen molar-refractivity contribution in [3.8, 4) is 0 Å². The number of carboxylic acid groups (broad SMARTS) is 1. The smallest absolute Gasteiger partial charge is 0.324 e. The minimum Gasteiger partial charge on any atom is -0.480 e. The number of sulfonamides is 1. The lowest BCUT2D eigenvalue weighted by atomic mass is 10.1. The number of benzene rings is 2. The van der Waals surface area contributed by atoms with Crippen LogP contribution in [0.1, 0.15) is 23.2 Å². The fraction of sp³-hybridized carbons (Fsp3) is 0.273. The zero-order valence-corrected chi connectivity index (χ0v) is 20.0. The van der Waals surface area contributed by atoms with Crippen LogP contribution in [0.25, 0.3) is 10.9 Å². The standard InChI is InChI=1S/C22H21Cl2N3O5S/c1-25-12-19(22(30)26-6-2-3-7-26)18-5-4-16(11-20(18)25)27(13-21(28)29)33(31,32)17-9-14(23)8-15(24)10-17/h4-5,8-12H,2-3,6-7,13H2,1H3,(H,28,29). The monoisotopic (exact) mass is 509 g/mol. The molecule has 0 saturated carbocycles. The van der Waals surface area contributed by atoms with Crippen molar-refractivity contribution in [2.75, 3.05) is 23.9 Å². The van der Waals surface area contributed by atoms with Gasteiger partial charge in [-0.15, -0.1) is 0 Å². The van der Waals surface area contributed by atoms with Gasteiger partial charge >= 0.3 is 5.97 Å². The van der Waals surface area contributed by atoms with Crippen LogP contribution < -0.4 is 4.31 Å². The summed E-state index contributed by atoms with van der Waals surface area (Å²) in [6.45, 7) is 0.613. The van der Waals surface area contributed by atoms with Gasteiger partial charge in [0.15, 0.2) is 0 Å². The van der Waals surface area contributed by atoms with E-state index in [9.17, 15) is 23.1 Å². The van der Waals surface area contributed by atoms with E-state index in [1.54, 1.807) is 34.8 Å². The van der Waals surface area contributed by atoms with E-state index in [-0.39, 0.29) is 26.5 Å². The molecule has 11 heteroatoms. The summed E-state index contributed by atoms with van der Waals surface area (Å²) in [7, 11) is -2.55. The van der Waals surface area contributed by atoms with E-state index in [1.165, 1.54) is 24.3 Å². The van der Waals surface area contributed by atoms with E-state index in [0.29, 0.717) is 29.6 Å². The molecular weight excluding hydrogens is 489 g/mol. The van der Waals surface area contributed by atoms with Gasteiger partial charge in [0, 0.05) is 41.8 Å². The average molecular weight is 510 g/mol. The van der Waals surface area contributed by atoms with Crippen LogP contribution >= 0.6 is 23.2 Å². The molecule has 8 nitrogen and oxygen atoms in total. The van der Waals surface area contributed by atoms with Gasteiger partial charge in [-0.2, -0.15) is 0 Å². The molecule has 1 fully saturated rings. The van der Waals surface area contributed by atoms with Crippen LogP contribution in [0.2, 0.25) is 10.0 Å². The second-order valence-electron chi connectivity index (χ2n) is 7.87. The number of likely N-dealkylation sites (tertiary alicyclic amines) is 1. The number of fused-ring (bicyclic) bond motifs is 1. The van der Waals surface area contributed by atoms with E-state index in [0.717, 1.165) is 17.1 Å². The number of hydrogen-bond donors (Lipinski definition) is 1. The van der Waals surface area contributed by atoms with Crippen molar-refractivity contribution in [3.63, 3.8) is 0 Å². The lowest BCUT2D eigenvalue weighted by Gasteiger charge is -2.23. The van der Waals surface area contributed by atoms with Crippen LogP contribution in [0.5, 0.6) is 0 Å². The number of aryl methyl sites for hydroxylation is 1. The van der Waals surface area contributed by atoms with E-state index in [4.69, 9.17) is 23.2 Å². The molecule has 33 heavy (non-hydrogen) atoms. The summed E-state index contributed by atoms with van der Waals surface area (Å²) in [4.78, 5) is 26.1. The number of amides is 1. The minimum atomic E-state index is -4.30. The number of carboxylic acids is 1. The highest BCUT2D eigenvalue weighted by Crippen LogP contribution is 2.32. The van der Waals surface area contributed by atoms with Crippen LogP contribution in [0.3, 0.4) is 0 Å². The molecule has 0 bridgehead atoms. The molecule has 1 N–H and O–H groups in total. The first kappa shape index (κ1) is 23.4. The van der Waals surface area contributed by atoms with Crippen molar-refractivity contribution >= 4 is 61.7 Å². The van der Waals surface area contributed by atoms with Crippen LogP contribution in [0.15, 0.2) is 47.5 Å². The molecular formula is C22H21Cl2N3O5S. The van der Waals surface area contributed by atoms with Gasteiger partial charge in [0.2, 0.25) is 0 Å². The van der Waals surface area contributed by atoms with Crippen LogP contribution in [-0.4, -0.2) is 54.5 Å². The number of carbonyl (C=O) groups excluding carboxylic acids is 1. The van der Waals surface area contributed by atoms with Crippen molar-refractivity contribution in [1.82, 2.24) is 9.47 Å². The summed E-state index contributed by atoms with van der Waals surface area (Å²) in [5, 5.41) is 10.3. The summed E-state index contributed by atoms with van der Waals surface area (Å²) >= 11 is 11.9. The topological polar surface area (TPSA) is 99.9 Å². The molecule has 2 heterocycles. The summed E-state index contributed by atoms with van der Waals surface area (Å²) in [5.41, 5.74) is 1.27. The van der Waals surface area contributed by atoms with Gasteiger partial charge in [0.1, 0.15) is 6.54 Å². The fourth-order valence-corrected chi connectivity index (χ4v) is 6.16. The maximum atomic E-state index is 13.4. The van der Waals surface area contributed by atoms with Crippen molar-refractivity contribution < 1.29 is 23.1 Å². The first-order valence-electron chi connectivity index (χ1n) is 10.2. The normalized spacial score (nSPS) is 14.1. The molecule has 4 rings (SSSR count). The second kappa shape index (κ2) is 8.89. The Hall–Kier alpha value is -2.75. The van der Waals surface area contributed by atoms with Crippen molar-refractivity contribution in [2.24, 2.45) is 7.05 Å². The quantitative estimate of drug-likeness (QED) is 0.541. The number of hydrogen-bond acceptors (Lipinski definition) is 4. The predicted octanol–water partition coefficient (Wildman–Crippen LogP) is 4.00. The van der Waals surface area contributed by atoms with Gasteiger partial charge in [-0.3, -0.25) is 13.9 Å². The Labute approximate surface area is 201 Å². The van der Waals surface area contributed by atoms with E-state index in [2.05, 4.69) is 0 Å². The first-order chi connectivity index (χ1) is 15.6. The van der Waals surface area contributed by atoms with E-state index in [1.807, 2.05) is 0 Å².